The van der Waals surface area contributed by atoms with E-state index in [0.29, 0.717) is 30.9 Å². The molecule has 2 aromatic rings. The molecule has 1 aliphatic rings. The molecule has 0 radical (unpaired) electrons. The first-order valence-electron chi connectivity index (χ1n) is 6.76. The second kappa shape index (κ2) is 5.74. The molecule has 2 amide bonds. The number of pyridine rings is 1. The van der Waals surface area contributed by atoms with Gasteiger partial charge in [-0.1, -0.05) is 0 Å². The molecule has 1 atom stereocenters. The van der Waals surface area contributed by atoms with Crippen LogP contribution in [0.2, 0.25) is 0 Å². The van der Waals surface area contributed by atoms with Crippen LogP contribution in [0, 0.1) is 5.92 Å². The third-order valence-corrected chi connectivity index (χ3v) is 3.39. The number of nitrogens with zero attached hydrogens (tertiary/aromatic N) is 3. The fourth-order valence-electron chi connectivity index (χ4n) is 2.20. The van der Waals surface area contributed by atoms with E-state index in [-0.39, 0.29) is 17.7 Å². The molecular weight excluding hydrogens is 270 g/mol. The highest BCUT2D eigenvalue weighted by atomic mass is 16.2. The van der Waals surface area contributed by atoms with Gasteiger partial charge in [0.25, 0.3) is 0 Å². The minimum absolute atomic E-state index is 0.00397. The summed E-state index contributed by atoms with van der Waals surface area (Å²) >= 11 is 0. The van der Waals surface area contributed by atoms with Gasteiger partial charge < -0.3 is 10.6 Å². The van der Waals surface area contributed by atoms with E-state index in [1.165, 1.54) is 0 Å². The van der Waals surface area contributed by atoms with Crippen molar-refractivity contribution in [2.45, 2.75) is 12.8 Å². The number of carbonyl (C=O) groups is 2. The van der Waals surface area contributed by atoms with Gasteiger partial charge in [-0.2, -0.15) is 5.10 Å². The fraction of sp³-hybridized carbons (Fsp3) is 0.286. The molecule has 3 rings (SSSR count). The molecule has 108 valence electrons. The summed E-state index contributed by atoms with van der Waals surface area (Å²) in [6.07, 6.45) is 6.04. The summed E-state index contributed by atoms with van der Waals surface area (Å²) in [5, 5.41) is 9.60. The quantitative estimate of drug-likeness (QED) is 0.870. The topological polar surface area (TPSA) is 88.9 Å². The summed E-state index contributed by atoms with van der Waals surface area (Å²) in [7, 11) is 0. The molecule has 0 bridgehead atoms. The van der Waals surface area contributed by atoms with Gasteiger partial charge in [0.15, 0.2) is 5.82 Å². The first-order valence-corrected chi connectivity index (χ1v) is 6.76. The largest absolute Gasteiger partial charge is 0.355 e. The van der Waals surface area contributed by atoms with Gasteiger partial charge in [0.2, 0.25) is 11.8 Å². The Bertz CT molecular complexity index is 626. The molecule has 1 aliphatic heterocycles. The minimum Gasteiger partial charge on any atom is -0.355 e. The lowest BCUT2D eigenvalue weighted by molar-refractivity contribution is -0.126. The molecule has 21 heavy (non-hydrogen) atoms. The summed E-state index contributed by atoms with van der Waals surface area (Å²) in [6, 6.07) is 5.38. The van der Waals surface area contributed by atoms with Gasteiger partial charge in [-0.25, -0.2) is 9.67 Å². The van der Waals surface area contributed by atoms with Crippen molar-refractivity contribution in [3.05, 3.63) is 36.8 Å². The zero-order valence-electron chi connectivity index (χ0n) is 11.3. The third-order valence-electron chi connectivity index (χ3n) is 3.39. The standard InChI is InChI=1S/C14H15N5O2/c20-13-5-2-10(8-16-13)14(21)18-11-3-4-12(15-9-11)19-7-1-6-17-19/h1,3-4,6-7,9-10H,2,5,8H2,(H,16,20)(H,18,21). The highest BCUT2D eigenvalue weighted by molar-refractivity contribution is 5.93. The number of anilines is 1. The fourth-order valence-corrected chi connectivity index (χ4v) is 2.20. The highest BCUT2D eigenvalue weighted by Crippen LogP contribution is 2.15. The second-order valence-corrected chi connectivity index (χ2v) is 4.88. The maximum atomic E-state index is 12.1. The lowest BCUT2D eigenvalue weighted by Crippen LogP contribution is -2.40. The van der Waals surface area contributed by atoms with Crippen molar-refractivity contribution >= 4 is 17.5 Å². The maximum Gasteiger partial charge on any atom is 0.229 e. The van der Waals surface area contributed by atoms with E-state index < -0.39 is 0 Å². The number of nitrogens with one attached hydrogen (secondary N) is 2. The SMILES string of the molecule is O=C1CCC(C(=O)Nc2ccc(-n3cccn3)nc2)CN1. The molecule has 1 unspecified atom stereocenters. The molecule has 1 saturated heterocycles. The Kier molecular flexibility index (Phi) is 3.63. The summed E-state index contributed by atoms with van der Waals surface area (Å²) < 4.78 is 1.64. The van der Waals surface area contributed by atoms with Gasteiger partial charge in [0.05, 0.1) is 17.8 Å². The van der Waals surface area contributed by atoms with Gasteiger partial charge in [-0.15, -0.1) is 0 Å². The number of amides is 2. The monoisotopic (exact) mass is 285 g/mol. The first kappa shape index (κ1) is 13.3. The van der Waals surface area contributed by atoms with Crippen molar-refractivity contribution in [1.82, 2.24) is 20.1 Å². The zero-order chi connectivity index (χ0) is 14.7. The number of aromatic nitrogens is 3. The molecule has 2 aromatic heterocycles. The van der Waals surface area contributed by atoms with Crippen LogP contribution in [-0.4, -0.2) is 33.1 Å². The summed E-state index contributed by atoms with van der Waals surface area (Å²) in [4.78, 5) is 27.4. The van der Waals surface area contributed by atoms with Crippen molar-refractivity contribution < 1.29 is 9.59 Å². The number of piperidine rings is 1. The summed E-state index contributed by atoms with van der Waals surface area (Å²) in [5.41, 5.74) is 0.632. The van der Waals surface area contributed by atoms with Crippen molar-refractivity contribution in [3.63, 3.8) is 0 Å². The minimum atomic E-state index is -0.187. The number of rotatable bonds is 3. The third kappa shape index (κ3) is 3.07. The Balaban J connectivity index is 1.62. The average Bonchev–Trinajstić information content (AvgIpc) is 3.03. The van der Waals surface area contributed by atoms with Crippen LogP contribution >= 0.6 is 0 Å². The van der Waals surface area contributed by atoms with Crippen molar-refractivity contribution in [2.75, 3.05) is 11.9 Å². The molecule has 0 aliphatic carbocycles. The van der Waals surface area contributed by atoms with Crippen LogP contribution in [0.1, 0.15) is 12.8 Å². The van der Waals surface area contributed by atoms with Gasteiger partial charge >= 0.3 is 0 Å². The number of carbonyl (C=O) groups excluding carboxylic acids is 2. The van der Waals surface area contributed by atoms with Crippen LogP contribution in [0.3, 0.4) is 0 Å². The Morgan fingerprint density at radius 2 is 2.33 bits per heavy atom. The predicted octanol–water partition coefficient (Wildman–Crippen LogP) is 0.732. The molecule has 7 heteroatoms. The van der Waals surface area contributed by atoms with Gasteiger partial charge in [-0.05, 0) is 24.6 Å². The summed E-state index contributed by atoms with van der Waals surface area (Å²) in [5.74, 6) is 0.407. The number of hydrogen-bond donors (Lipinski definition) is 2. The van der Waals surface area contributed by atoms with Crippen LogP contribution in [-0.2, 0) is 9.59 Å². The molecule has 1 fully saturated rings. The number of hydrogen-bond acceptors (Lipinski definition) is 4. The maximum absolute atomic E-state index is 12.1. The van der Waals surface area contributed by atoms with Crippen molar-refractivity contribution in [1.29, 1.82) is 0 Å². The van der Waals surface area contributed by atoms with Crippen molar-refractivity contribution in [2.24, 2.45) is 5.92 Å². The zero-order valence-corrected chi connectivity index (χ0v) is 11.3. The Labute approximate surface area is 121 Å². The van der Waals surface area contributed by atoms with Crippen LogP contribution < -0.4 is 10.6 Å². The van der Waals surface area contributed by atoms with Gasteiger partial charge in [0.1, 0.15) is 0 Å². The van der Waals surface area contributed by atoms with Crippen LogP contribution in [0.5, 0.6) is 0 Å². The molecule has 2 N–H and O–H groups in total. The lowest BCUT2D eigenvalue weighted by Gasteiger charge is -2.21. The van der Waals surface area contributed by atoms with E-state index in [2.05, 4.69) is 20.7 Å². The van der Waals surface area contributed by atoms with Gasteiger partial charge in [0, 0.05) is 25.4 Å². The lowest BCUT2D eigenvalue weighted by atomic mass is 9.98. The highest BCUT2D eigenvalue weighted by Gasteiger charge is 2.24. The van der Waals surface area contributed by atoms with E-state index in [1.807, 2.05) is 6.07 Å². The second-order valence-electron chi connectivity index (χ2n) is 4.88. The van der Waals surface area contributed by atoms with E-state index in [4.69, 9.17) is 0 Å². The summed E-state index contributed by atoms with van der Waals surface area (Å²) in [6.45, 7) is 0.392. The van der Waals surface area contributed by atoms with Crippen LogP contribution in [0.4, 0.5) is 5.69 Å². The molecular formula is C14H15N5O2. The molecule has 3 heterocycles. The molecule has 0 saturated carbocycles. The van der Waals surface area contributed by atoms with Crippen LogP contribution in [0.25, 0.3) is 5.82 Å². The Morgan fingerprint density at radius 3 is 2.95 bits per heavy atom. The van der Waals surface area contributed by atoms with Crippen molar-refractivity contribution in [3.8, 4) is 5.82 Å². The predicted molar refractivity (Wildman–Crippen MR) is 75.7 cm³/mol. The van der Waals surface area contributed by atoms with E-state index >= 15 is 0 Å². The Hall–Kier alpha value is -2.70. The van der Waals surface area contributed by atoms with E-state index in [9.17, 15) is 9.59 Å². The van der Waals surface area contributed by atoms with Crippen LogP contribution in [0.15, 0.2) is 36.8 Å². The smallest absolute Gasteiger partial charge is 0.229 e. The first-order chi connectivity index (χ1) is 10.2. The average molecular weight is 285 g/mol. The molecule has 0 spiro atoms. The Morgan fingerprint density at radius 1 is 1.43 bits per heavy atom. The molecule has 0 aromatic carbocycles. The molecule has 7 nitrogen and oxygen atoms in total. The van der Waals surface area contributed by atoms with E-state index in [1.54, 1.807) is 35.4 Å². The van der Waals surface area contributed by atoms with E-state index in [0.717, 1.165) is 0 Å². The van der Waals surface area contributed by atoms with Gasteiger partial charge in [-0.3, -0.25) is 9.59 Å². The normalized spacial score (nSPS) is 18.1.